The van der Waals surface area contributed by atoms with Gasteiger partial charge in [0.05, 0.1) is 6.61 Å². The van der Waals surface area contributed by atoms with E-state index in [0.717, 1.165) is 32.5 Å². The maximum Gasteiger partial charge on any atom is 0.157 e. The van der Waals surface area contributed by atoms with Crippen molar-refractivity contribution in [3.63, 3.8) is 0 Å². The molecule has 0 saturated carbocycles. The molecular weight excluding hydrogens is 304 g/mol. The molecule has 1 atom stereocenters. The van der Waals surface area contributed by atoms with Crippen molar-refractivity contribution in [2.75, 3.05) is 13.2 Å². The number of benzene rings is 1. The number of hydrogen-bond acceptors (Lipinski definition) is 3. The Morgan fingerprint density at radius 3 is 2.57 bits per heavy atom. The van der Waals surface area contributed by atoms with E-state index in [1.54, 1.807) is 0 Å². The Labute approximate surface area is 145 Å². The van der Waals surface area contributed by atoms with E-state index in [0.29, 0.717) is 0 Å². The minimum Gasteiger partial charge on any atom is -0.353 e. The third kappa shape index (κ3) is 5.66. The van der Waals surface area contributed by atoms with Gasteiger partial charge in [-0.1, -0.05) is 23.9 Å². The molecule has 0 bridgehead atoms. The molecule has 0 radical (unpaired) electrons. The lowest BCUT2D eigenvalue weighted by Crippen LogP contribution is -2.22. The molecule has 1 saturated heterocycles. The van der Waals surface area contributed by atoms with Gasteiger partial charge in [-0.3, -0.25) is 0 Å². The predicted octanol–water partition coefficient (Wildman–Crippen LogP) is 5.85. The zero-order chi connectivity index (χ0) is 16.7. The summed E-state index contributed by atoms with van der Waals surface area (Å²) in [6.07, 6.45) is 7.88. The van der Waals surface area contributed by atoms with E-state index in [1.807, 2.05) is 11.8 Å². The first-order chi connectivity index (χ1) is 11.1. The molecule has 1 aromatic rings. The summed E-state index contributed by atoms with van der Waals surface area (Å²) in [6, 6.07) is 2.28. The molecule has 23 heavy (non-hydrogen) atoms. The maximum atomic E-state index is 5.75. The highest BCUT2D eigenvalue weighted by atomic mass is 32.2. The summed E-state index contributed by atoms with van der Waals surface area (Å²) in [5, 5.41) is 2.23. The van der Waals surface area contributed by atoms with Crippen LogP contribution in [0.1, 0.15) is 54.4 Å². The number of ether oxygens (including phenoxy) is 2. The van der Waals surface area contributed by atoms with Crippen molar-refractivity contribution >= 4 is 11.8 Å². The number of thioether (sulfide) groups is 1. The molecule has 3 heteroatoms. The maximum absolute atomic E-state index is 5.75. The Bertz CT molecular complexity index is 505. The molecule has 1 fully saturated rings. The van der Waals surface area contributed by atoms with E-state index >= 15 is 0 Å². The lowest BCUT2D eigenvalue weighted by molar-refractivity contribution is -0.162. The molecule has 0 N–H and O–H groups in total. The van der Waals surface area contributed by atoms with E-state index in [-0.39, 0.29) is 6.29 Å². The zero-order valence-corrected chi connectivity index (χ0v) is 15.8. The fourth-order valence-corrected chi connectivity index (χ4v) is 3.84. The van der Waals surface area contributed by atoms with Gasteiger partial charge in [0.2, 0.25) is 0 Å². The molecule has 0 spiro atoms. The molecule has 1 unspecified atom stereocenters. The zero-order valence-electron chi connectivity index (χ0n) is 15.0. The lowest BCUT2D eigenvalue weighted by atomic mass is 10.0. The van der Waals surface area contributed by atoms with Gasteiger partial charge in [0, 0.05) is 11.5 Å². The van der Waals surface area contributed by atoms with Crippen LogP contribution in [-0.2, 0) is 9.47 Å². The Morgan fingerprint density at radius 2 is 1.91 bits per heavy atom. The minimum absolute atomic E-state index is 0.0441. The molecular formula is C20H30O2S. The van der Waals surface area contributed by atoms with E-state index in [1.165, 1.54) is 40.0 Å². The van der Waals surface area contributed by atoms with Crippen LogP contribution in [0.15, 0.2) is 22.4 Å². The second-order valence-corrected chi connectivity index (χ2v) is 7.30. The summed E-state index contributed by atoms with van der Waals surface area (Å²) >= 11 is 1.84. The van der Waals surface area contributed by atoms with Gasteiger partial charge in [0.1, 0.15) is 0 Å². The van der Waals surface area contributed by atoms with E-state index < -0.39 is 0 Å². The monoisotopic (exact) mass is 334 g/mol. The van der Waals surface area contributed by atoms with Crippen molar-refractivity contribution in [1.29, 1.82) is 0 Å². The molecule has 2 nitrogen and oxygen atoms in total. The highest BCUT2D eigenvalue weighted by molar-refractivity contribution is 8.02. The van der Waals surface area contributed by atoms with Crippen LogP contribution in [0.3, 0.4) is 0 Å². The summed E-state index contributed by atoms with van der Waals surface area (Å²) in [7, 11) is 0. The number of allylic oxidation sites excluding steroid dienone is 1. The van der Waals surface area contributed by atoms with Gasteiger partial charge in [-0.25, -0.2) is 0 Å². The van der Waals surface area contributed by atoms with Crippen molar-refractivity contribution in [3.8, 4) is 0 Å². The van der Waals surface area contributed by atoms with Crippen LogP contribution >= 0.6 is 11.8 Å². The first-order valence-corrected chi connectivity index (χ1v) is 9.60. The van der Waals surface area contributed by atoms with Crippen LogP contribution in [0.5, 0.6) is 0 Å². The first-order valence-electron chi connectivity index (χ1n) is 8.72. The molecule has 1 aromatic carbocycles. The Hall–Kier alpha value is -0.770. The Morgan fingerprint density at radius 1 is 1.17 bits per heavy atom. The summed E-state index contributed by atoms with van der Waals surface area (Å²) in [4.78, 5) is 1.41. The molecule has 0 aliphatic carbocycles. The quantitative estimate of drug-likeness (QED) is 0.460. The van der Waals surface area contributed by atoms with Crippen LogP contribution in [0.4, 0.5) is 0 Å². The molecule has 0 amide bonds. The lowest BCUT2D eigenvalue weighted by Gasteiger charge is -2.22. The highest BCUT2D eigenvalue weighted by Gasteiger charge is 2.13. The van der Waals surface area contributed by atoms with Crippen LogP contribution in [0.25, 0.3) is 0 Å². The van der Waals surface area contributed by atoms with Crippen molar-refractivity contribution < 1.29 is 9.47 Å². The molecule has 1 aliphatic heterocycles. The largest absolute Gasteiger partial charge is 0.353 e. The Kier molecular flexibility index (Phi) is 7.68. The fraction of sp³-hybridized carbons (Fsp3) is 0.600. The second kappa shape index (κ2) is 9.51. The second-order valence-electron chi connectivity index (χ2n) is 6.39. The van der Waals surface area contributed by atoms with Crippen LogP contribution in [-0.4, -0.2) is 19.5 Å². The average Bonchev–Trinajstić information content (AvgIpc) is 2.56. The SMILES string of the molecule is Cc1cc(C)c(C)c(S/C=C\CCCOC2CCCCO2)c1C. The third-order valence-electron chi connectivity index (χ3n) is 4.54. The van der Waals surface area contributed by atoms with Gasteiger partial charge < -0.3 is 9.47 Å². The summed E-state index contributed by atoms with van der Waals surface area (Å²) < 4.78 is 11.3. The molecule has 128 valence electrons. The fourth-order valence-electron chi connectivity index (χ4n) is 2.80. The first kappa shape index (κ1) is 18.6. The summed E-state index contributed by atoms with van der Waals surface area (Å²) in [6.45, 7) is 10.5. The summed E-state index contributed by atoms with van der Waals surface area (Å²) in [5.74, 6) is 0. The van der Waals surface area contributed by atoms with Gasteiger partial charge in [-0.2, -0.15) is 0 Å². The summed E-state index contributed by atoms with van der Waals surface area (Å²) in [5.41, 5.74) is 5.57. The van der Waals surface area contributed by atoms with Gasteiger partial charge in [-0.05, 0) is 87.5 Å². The molecule has 1 heterocycles. The van der Waals surface area contributed by atoms with Gasteiger partial charge in [-0.15, -0.1) is 0 Å². The van der Waals surface area contributed by atoms with Crippen molar-refractivity contribution in [2.45, 2.75) is 71.0 Å². The van der Waals surface area contributed by atoms with Gasteiger partial charge in [0.15, 0.2) is 6.29 Å². The molecule has 0 aromatic heterocycles. The smallest absolute Gasteiger partial charge is 0.157 e. The standard InChI is InChI=1S/C20H30O2S/c1-15-14-16(2)18(4)20(17(15)3)23-13-9-5-7-11-21-19-10-6-8-12-22-19/h9,13-14,19H,5-8,10-12H2,1-4H3/b13-9-. The van der Waals surface area contributed by atoms with Gasteiger partial charge >= 0.3 is 0 Å². The molecule has 1 aliphatic rings. The van der Waals surface area contributed by atoms with E-state index in [4.69, 9.17) is 9.47 Å². The van der Waals surface area contributed by atoms with E-state index in [2.05, 4.69) is 45.2 Å². The van der Waals surface area contributed by atoms with Crippen LogP contribution in [0, 0.1) is 27.7 Å². The van der Waals surface area contributed by atoms with Crippen LogP contribution in [0.2, 0.25) is 0 Å². The number of hydrogen-bond donors (Lipinski definition) is 0. The number of aryl methyl sites for hydroxylation is 2. The van der Waals surface area contributed by atoms with E-state index in [9.17, 15) is 0 Å². The number of unbranched alkanes of at least 4 members (excludes halogenated alkanes) is 1. The van der Waals surface area contributed by atoms with Crippen molar-refractivity contribution in [2.24, 2.45) is 0 Å². The van der Waals surface area contributed by atoms with Gasteiger partial charge in [0.25, 0.3) is 0 Å². The van der Waals surface area contributed by atoms with Crippen LogP contribution < -0.4 is 0 Å². The predicted molar refractivity (Wildman–Crippen MR) is 99.2 cm³/mol. The Balaban J connectivity index is 1.71. The van der Waals surface area contributed by atoms with Crippen molar-refractivity contribution in [1.82, 2.24) is 0 Å². The minimum atomic E-state index is 0.0441. The topological polar surface area (TPSA) is 18.5 Å². The average molecular weight is 335 g/mol. The third-order valence-corrected chi connectivity index (χ3v) is 5.71. The highest BCUT2D eigenvalue weighted by Crippen LogP contribution is 2.31. The molecule has 2 rings (SSSR count). The van der Waals surface area contributed by atoms with Crippen molar-refractivity contribution in [3.05, 3.63) is 39.8 Å². The number of rotatable bonds is 7. The normalized spacial score (nSPS) is 18.7.